The van der Waals surface area contributed by atoms with Crippen LogP contribution in [0.15, 0.2) is 36.7 Å². The van der Waals surface area contributed by atoms with Crippen LogP contribution in [0.5, 0.6) is 0 Å². The quantitative estimate of drug-likeness (QED) is 0.699. The Kier molecular flexibility index (Phi) is 5.19. The van der Waals surface area contributed by atoms with Crippen LogP contribution >= 0.6 is 0 Å². The zero-order chi connectivity index (χ0) is 21.4. The van der Waals surface area contributed by atoms with E-state index in [1.54, 1.807) is 29.3 Å². The van der Waals surface area contributed by atoms with Gasteiger partial charge in [-0.25, -0.2) is 19.2 Å². The number of rotatable bonds is 3. The molecular weight excluding hydrogens is 399 g/mol. The van der Waals surface area contributed by atoms with Crippen molar-refractivity contribution in [3.63, 3.8) is 0 Å². The number of nitrogens with zero attached hydrogens (tertiary/aromatic N) is 5. The summed E-state index contributed by atoms with van der Waals surface area (Å²) in [6, 6.07) is 6.16. The van der Waals surface area contributed by atoms with Crippen LogP contribution in [0.25, 0.3) is 17.0 Å². The number of carbonyl (C=O) groups excluding carboxylic acids is 1. The SMILES string of the molecule is CC1CCN(C(=O)Nc2ccc(F)c(-c3ccn4c(N5CCOCC5)cnc4n3)c2)C1. The Morgan fingerprint density at radius 3 is 2.84 bits per heavy atom. The number of imidazole rings is 1. The monoisotopic (exact) mass is 424 g/mol. The number of hydrogen-bond acceptors (Lipinski definition) is 5. The summed E-state index contributed by atoms with van der Waals surface area (Å²) in [6.45, 7) is 6.56. The number of aromatic nitrogens is 3. The highest BCUT2D eigenvalue weighted by Crippen LogP contribution is 2.27. The lowest BCUT2D eigenvalue weighted by Gasteiger charge is -2.27. The number of benzene rings is 1. The first-order valence-corrected chi connectivity index (χ1v) is 10.6. The van der Waals surface area contributed by atoms with E-state index < -0.39 is 5.82 Å². The zero-order valence-electron chi connectivity index (χ0n) is 17.4. The predicted octanol–water partition coefficient (Wildman–Crippen LogP) is 3.25. The number of urea groups is 1. The summed E-state index contributed by atoms with van der Waals surface area (Å²) in [5.74, 6) is 1.55. The molecule has 0 aliphatic carbocycles. The molecule has 8 nitrogen and oxygen atoms in total. The number of amides is 2. The molecule has 1 atom stereocenters. The number of nitrogens with one attached hydrogen (secondary N) is 1. The van der Waals surface area contributed by atoms with Crippen molar-refractivity contribution in [2.24, 2.45) is 5.92 Å². The van der Waals surface area contributed by atoms with Gasteiger partial charge in [0.15, 0.2) is 0 Å². The van der Waals surface area contributed by atoms with Gasteiger partial charge in [-0.3, -0.25) is 4.40 Å². The average molecular weight is 424 g/mol. The van der Waals surface area contributed by atoms with Gasteiger partial charge in [0.1, 0.15) is 11.6 Å². The Labute approximate surface area is 179 Å². The standard InChI is InChI=1S/C22H25FN6O2/c1-15-4-6-28(14-15)22(30)25-16-2-3-18(23)17(12-16)19-5-7-29-20(13-24-21(29)26-19)27-8-10-31-11-9-27/h2-3,5,7,12-13,15H,4,6,8-11,14H2,1H3,(H,25,30). The number of hydrogen-bond donors (Lipinski definition) is 1. The van der Waals surface area contributed by atoms with Crippen molar-refractivity contribution in [2.75, 3.05) is 49.6 Å². The molecule has 0 bridgehead atoms. The Morgan fingerprint density at radius 1 is 1.23 bits per heavy atom. The number of likely N-dealkylation sites (tertiary alicyclic amines) is 1. The molecule has 2 fully saturated rings. The van der Waals surface area contributed by atoms with Gasteiger partial charge in [0.2, 0.25) is 5.78 Å². The molecule has 0 spiro atoms. The summed E-state index contributed by atoms with van der Waals surface area (Å²) in [5, 5.41) is 2.88. The van der Waals surface area contributed by atoms with Crippen LogP contribution in [-0.2, 0) is 4.74 Å². The smallest absolute Gasteiger partial charge is 0.321 e. The van der Waals surface area contributed by atoms with Crippen LogP contribution in [0.2, 0.25) is 0 Å². The van der Waals surface area contributed by atoms with E-state index in [1.807, 2.05) is 10.6 Å². The number of halogens is 1. The molecule has 0 saturated carbocycles. The van der Waals surface area contributed by atoms with Crippen molar-refractivity contribution < 1.29 is 13.9 Å². The summed E-state index contributed by atoms with van der Waals surface area (Å²) in [5.41, 5.74) is 1.33. The second-order valence-electron chi connectivity index (χ2n) is 8.16. The molecule has 4 heterocycles. The number of anilines is 2. The van der Waals surface area contributed by atoms with Crippen molar-refractivity contribution >= 4 is 23.3 Å². The van der Waals surface area contributed by atoms with Crippen molar-refractivity contribution in [2.45, 2.75) is 13.3 Å². The van der Waals surface area contributed by atoms with Crippen LogP contribution in [0.4, 0.5) is 20.7 Å². The third-order valence-electron chi connectivity index (χ3n) is 5.90. The first kappa shape index (κ1) is 19.7. The van der Waals surface area contributed by atoms with Gasteiger partial charge in [-0.2, -0.15) is 0 Å². The Hall–Kier alpha value is -3.20. The molecule has 1 unspecified atom stereocenters. The van der Waals surface area contributed by atoms with Crippen molar-refractivity contribution in [3.8, 4) is 11.3 Å². The highest BCUT2D eigenvalue weighted by molar-refractivity contribution is 5.90. The van der Waals surface area contributed by atoms with Gasteiger partial charge in [-0.05, 0) is 36.6 Å². The third-order valence-corrected chi connectivity index (χ3v) is 5.90. The van der Waals surface area contributed by atoms with Gasteiger partial charge < -0.3 is 19.9 Å². The van der Waals surface area contributed by atoms with Crippen molar-refractivity contribution in [3.05, 3.63) is 42.5 Å². The normalized spacial score (nSPS) is 19.2. The molecule has 9 heteroatoms. The van der Waals surface area contributed by atoms with E-state index in [4.69, 9.17) is 4.74 Å². The molecule has 0 radical (unpaired) electrons. The fourth-order valence-electron chi connectivity index (χ4n) is 4.16. The van der Waals surface area contributed by atoms with E-state index >= 15 is 0 Å². The fraction of sp³-hybridized carbons (Fsp3) is 0.409. The van der Waals surface area contributed by atoms with Gasteiger partial charge in [0.05, 0.1) is 25.1 Å². The van der Waals surface area contributed by atoms with Gasteiger partial charge >= 0.3 is 6.03 Å². The number of ether oxygens (including phenoxy) is 1. The van der Waals surface area contributed by atoms with Gasteiger partial charge in [-0.1, -0.05) is 6.92 Å². The maximum atomic E-state index is 14.6. The van der Waals surface area contributed by atoms with E-state index in [2.05, 4.69) is 27.1 Å². The second-order valence-corrected chi connectivity index (χ2v) is 8.16. The maximum absolute atomic E-state index is 14.6. The fourth-order valence-corrected chi connectivity index (χ4v) is 4.16. The van der Waals surface area contributed by atoms with Crippen LogP contribution in [0.1, 0.15) is 13.3 Å². The maximum Gasteiger partial charge on any atom is 0.321 e. The molecule has 2 aliphatic heterocycles. The lowest BCUT2D eigenvalue weighted by Crippen LogP contribution is -2.36. The van der Waals surface area contributed by atoms with E-state index in [0.29, 0.717) is 41.9 Å². The molecule has 31 heavy (non-hydrogen) atoms. The minimum absolute atomic E-state index is 0.159. The molecule has 5 rings (SSSR count). The summed E-state index contributed by atoms with van der Waals surface area (Å²) in [6.07, 6.45) is 4.63. The van der Waals surface area contributed by atoms with Crippen molar-refractivity contribution in [1.82, 2.24) is 19.3 Å². The van der Waals surface area contributed by atoms with E-state index in [-0.39, 0.29) is 6.03 Å². The molecule has 162 valence electrons. The Bertz CT molecular complexity index is 1110. The lowest BCUT2D eigenvalue weighted by atomic mass is 10.1. The zero-order valence-corrected chi connectivity index (χ0v) is 17.4. The van der Waals surface area contributed by atoms with Crippen LogP contribution in [-0.4, -0.2) is 64.7 Å². The van der Waals surface area contributed by atoms with Crippen LogP contribution in [0, 0.1) is 11.7 Å². The minimum Gasteiger partial charge on any atom is -0.378 e. The first-order chi connectivity index (χ1) is 15.1. The molecule has 2 amide bonds. The average Bonchev–Trinajstić information content (AvgIpc) is 3.41. The molecule has 2 saturated heterocycles. The Balaban J connectivity index is 1.40. The summed E-state index contributed by atoms with van der Waals surface area (Å²) in [4.78, 5) is 25.5. The minimum atomic E-state index is -0.399. The second kappa shape index (κ2) is 8.14. The highest BCUT2D eigenvalue weighted by atomic mass is 19.1. The number of carbonyl (C=O) groups is 1. The third kappa shape index (κ3) is 3.93. The van der Waals surface area contributed by atoms with Crippen LogP contribution < -0.4 is 10.2 Å². The van der Waals surface area contributed by atoms with Gasteiger partial charge in [0, 0.05) is 43.6 Å². The van der Waals surface area contributed by atoms with E-state index in [1.165, 1.54) is 6.07 Å². The number of morpholine rings is 1. The van der Waals surface area contributed by atoms with E-state index in [0.717, 1.165) is 38.4 Å². The highest BCUT2D eigenvalue weighted by Gasteiger charge is 2.23. The molecule has 3 aromatic rings. The summed E-state index contributed by atoms with van der Waals surface area (Å²) >= 11 is 0. The van der Waals surface area contributed by atoms with Gasteiger partial charge in [-0.15, -0.1) is 0 Å². The van der Waals surface area contributed by atoms with Gasteiger partial charge in [0.25, 0.3) is 0 Å². The lowest BCUT2D eigenvalue weighted by molar-refractivity contribution is 0.122. The van der Waals surface area contributed by atoms with E-state index in [9.17, 15) is 9.18 Å². The van der Waals surface area contributed by atoms with Crippen molar-refractivity contribution in [1.29, 1.82) is 0 Å². The Morgan fingerprint density at radius 2 is 2.06 bits per heavy atom. The predicted molar refractivity (Wildman–Crippen MR) is 116 cm³/mol. The summed E-state index contributed by atoms with van der Waals surface area (Å²) in [7, 11) is 0. The first-order valence-electron chi connectivity index (χ1n) is 10.6. The summed E-state index contributed by atoms with van der Waals surface area (Å²) < 4.78 is 21.9. The number of fused-ring (bicyclic) bond motifs is 1. The molecule has 1 N–H and O–H groups in total. The molecule has 2 aromatic heterocycles. The molecule has 2 aliphatic rings. The van der Waals surface area contributed by atoms with Crippen LogP contribution in [0.3, 0.4) is 0 Å². The molecular formula is C22H25FN6O2. The topological polar surface area (TPSA) is 75.0 Å². The largest absolute Gasteiger partial charge is 0.378 e. The molecule has 1 aromatic carbocycles.